The Kier molecular flexibility index (Phi) is 6.11. The fraction of sp³-hybridized carbons (Fsp3) is 0.462. The number of anilines is 1. The SMILES string of the molecule is CCCCNC(=O)CCNc1ccc(F)cc1F. The fourth-order valence-corrected chi connectivity index (χ4v) is 1.44. The molecule has 1 amide bonds. The van der Waals surface area contributed by atoms with Gasteiger partial charge in [0.25, 0.3) is 0 Å². The average molecular weight is 256 g/mol. The Balaban J connectivity index is 2.26. The molecule has 5 heteroatoms. The van der Waals surface area contributed by atoms with Crippen molar-refractivity contribution in [3.05, 3.63) is 29.8 Å². The predicted octanol–water partition coefficient (Wildman–Crippen LogP) is 2.68. The van der Waals surface area contributed by atoms with Crippen molar-refractivity contribution in [2.45, 2.75) is 26.2 Å². The van der Waals surface area contributed by atoms with E-state index in [1.807, 2.05) is 6.92 Å². The summed E-state index contributed by atoms with van der Waals surface area (Å²) < 4.78 is 25.9. The molecular formula is C13H18F2N2O. The quantitative estimate of drug-likeness (QED) is 0.736. The van der Waals surface area contributed by atoms with Crippen LogP contribution in [0.4, 0.5) is 14.5 Å². The largest absolute Gasteiger partial charge is 0.382 e. The first kappa shape index (κ1) is 14.4. The molecule has 18 heavy (non-hydrogen) atoms. The van der Waals surface area contributed by atoms with Crippen molar-refractivity contribution in [2.75, 3.05) is 18.4 Å². The molecule has 3 nitrogen and oxygen atoms in total. The molecule has 0 saturated heterocycles. The molecular weight excluding hydrogens is 238 g/mol. The summed E-state index contributed by atoms with van der Waals surface area (Å²) in [5.41, 5.74) is 0.206. The van der Waals surface area contributed by atoms with E-state index in [-0.39, 0.29) is 18.0 Å². The molecule has 0 fully saturated rings. The minimum absolute atomic E-state index is 0.0709. The van der Waals surface area contributed by atoms with Gasteiger partial charge in [-0.3, -0.25) is 4.79 Å². The maximum atomic E-state index is 13.2. The Labute approximate surface area is 106 Å². The zero-order chi connectivity index (χ0) is 13.4. The summed E-state index contributed by atoms with van der Waals surface area (Å²) in [6.45, 7) is 3.03. The van der Waals surface area contributed by atoms with Gasteiger partial charge in [0.05, 0.1) is 5.69 Å². The fourth-order valence-electron chi connectivity index (χ4n) is 1.44. The predicted molar refractivity (Wildman–Crippen MR) is 67.4 cm³/mol. The lowest BCUT2D eigenvalue weighted by atomic mass is 10.3. The second kappa shape index (κ2) is 7.63. The molecule has 0 heterocycles. The van der Waals surface area contributed by atoms with Crippen molar-refractivity contribution in [3.8, 4) is 0 Å². The highest BCUT2D eigenvalue weighted by atomic mass is 19.1. The Morgan fingerprint density at radius 1 is 1.28 bits per heavy atom. The van der Waals surface area contributed by atoms with Gasteiger partial charge in [0.2, 0.25) is 5.91 Å². The molecule has 0 aromatic heterocycles. The molecule has 0 aliphatic heterocycles. The van der Waals surface area contributed by atoms with Crippen LogP contribution in [0, 0.1) is 11.6 Å². The van der Waals surface area contributed by atoms with Gasteiger partial charge in [0.15, 0.2) is 0 Å². The third kappa shape index (κ3) is 5.12. The van der Waals surface area contributed by atoms with Gasteiger partial charge < -0.3 is 10.6 Å². The van der Waals surface area contributed by atoms with E-state index in [0.29, 0.717) is 13.1 Å². The molecule has 1 aromatic rings. The Morgan fingerprint density at radius 3 is 2.72 bits per heavy atom. The normalized spacial score (nSPS) is 10.2. The summed E-state index contributed by atoms with van der Waals surface area (Å²) in [6.07, 6.45) is 2.24. The summed E-state index contributed by atoms with van der Waals surface area (Å²) in [7, 11) is 0. The number of halogens is 2. The smallest absolute Gasteiger partial charge is 0.221 e. The average Bonchev–Trinajstić information content (AvgIpc) is 2.32. The number of nitrogens with one attached hydrogen (secondary N) is 2. The number of hydrogen-bond acceptors (Lipinski definition) is 2. The molecule has 0 spiro atoms. The maximum absolute atomic E-state index is 13.2. The van der Waals surface area contributed by atoms with Crippen molar-refractivity contribution < 1.29 is 13.6 Å². The van der Waals surface area contributed by atoms with Gasteiger partial charge in [-0.1, -0.05) is 13.3 Å². The molecule has 0 bridgehead atoms. The number of carbonyl (C=O) groups is 1. The van der Waals surface area contributed by atoms with E-state index in [1.165, 1.54) is 12.1 Å². The number of benzene rings is 1. The lowest BCUT2D eigenvalue weighted by Crippen LogP contribution is -2.26. The van der Waals surface area contributed by atoms with E-state index in [4.69, 9.17) is 0 Å². The van der Waals surface area contributed by atoms with E-state index in [0.717, 1.165) is 18.9 Å². The number of amides is 1. The van der Waals surface area contributed by atoms with Crippen LogP contribution < -0.4 is 10.6 Å². The molecule has 1 rings (SSSR count). The molecule has 0 radical (unpaired) electrons. The summed E-state index contributed by atoms with van der Waals surface area (Å²) >= 11 is 0. The van der Waals surface area contributed by atoms with Gasteiger partial charge in [-0.15, -0.1) is 0 Å². The van der Waals surface area contributed by atoms with Gasteiger partial charge >= 0.3 is 0 Å². The molecule has 0 aliphatic rings. The maximum Gasteiger partial charge on any atom is 0.221 e. The first-order valence-corrected chi connectivity index (χ1v) is 6.09. The van der Waals surface area contributed by atoms with Crippen molar-refractivity contribution in [1.82, 2.24) is 5.32 Å². The second-order valence-corrected chi connectivity index (χ2v) is 4.00. The summed E-state index contributed by atoms with van der Waals surface area (Å²) in [5, 5.41) is 5.52. The Morgan fingerprint density at radius 2 is 2.06 bits per heavy atom. The van der Waals surface area contributed by atoms with Gasteiger partial charge in [-0.25, -0.2) is 8.78 Å². The number of unbranched alkanes of at least 4 members (excludes halogenated alkanes) is 1. The van der Waals surface area contributed by atoms with Crippen LogP contribution >= 0.6 is 0 Å². The van der Waals surface area contributed by atoms with E-state index >= 15 is 0 Å². The second-order valence-electron chi connectivity index (χ2n) is 4.00. The van der Waals surface area contributed by atoms with Crippen LogP contribution in [0.1, 0.15) is 26.2 Å². The van der Waals surface area contributed by atoms with Crippen LogP contribution in [-0.2, 0) is 4.79 Å². The summed E-state index contributed by atoms with van der Waals surface area (Å²) in [6, 6.07) is 3.30. The number of hydrogen-bond donors (Lipinski definition) is 2. The minimum Gasteiger partial charge on any atom is -0.382 e. The van der Waals surface area contributed by atoms with E-state index in [2.05, 4.69) is 10.6 Å². The summed E-state index contributed by atoms with van der Waals surface area (Å²) in [4.78, 5) is 11.3. The highest BCUT2D eigenvalue weighted by Gasteiger charge is 2.04. The molecule has 0 aliphatic carbocycles. The molecule has 0 unspecified atom stereocenters. The van der Waals surface area contributed by atoms with Gasteiger partial charge in [0.1, 0.15) is 11.6 Å². The zero-order valence-corrected chi connectivity index (χ0v) is 10.4. The van der Waals surface area contributed by atoms with E-state index < -0.39 is 11.6 Å². The molecule has 0 saturated carbocycles. The van der Waals surface area contributed by atoms with Crippen LogP contribution in [-0.4, -0.2) is 19.0 Å². The topological polar surface area (TPSA) is 41.1 Å². The van der Waals surface area contributed by atoms with Crippen LogP contribution in [0.25, 0.3) is 0 Å². The van der Waals surface area contributed by atoms with Crippen LogP contribution in [0.3, 0.4) is 0 Å². The molecule has 1 aromatic carbocycles. The monoisotopic (exact) mass is 256 g/mol. The van der Waals surface area contributed by atoms with Crippen molar-refractivity contribution in [2.24, 2.45) is 0 Å². The minimum atomic E-state index is -0.651. The summed E-state index contributed by atoms with van der Waals surface area (Å²) in [5.74, 6) is -1.34. The first-order valence-electron chi connectivity index (χ1n) is 6.09. The Bertz CT molecular complexity index is 397. The van der Waals surface area contributed by atoms with Crippen molar-refractivity contribution in [3.63, 3.8) is 0 Å². The van der Waals surface area contributed by atoms with Gasteiger partial charge in [-0.05, 0) is 18.6 Å². The molecule has 0 atom stereocenters. The highest BCUT2D eigenvalue weighted by molar-refractivity contribution is 5.76. The number of carbonyl (C=O) groups excluding carboxylic acids is 1. The Hall–Kier alpha value is -1.65. The van der Waals surface area contributed by atoms with Crippen LogP contribution in [0.5, 0.6) is 0 Å². The van der Waals surface area contributed by atoms with Crippen LogP contribution in [0.2, 0.25) is 0 Å². The number of rotatable bonds is 7. The van der Waals surface area contributed by atoms with Crippen molar-refractivity contribution in [1.29, 1.82) is 0 Å². The van der Waals surface area contributed by atoms with Gasteiger partial charge in [-0.2, -0.15) is 0 Å². The lowest BCUT2D eigenvalue weighted by molar-refractivity contribution is -0.120. The lowest BCUT2D eigenvalue weighted by Gasteiger charge is -2.08. The van der Waals surface area contributed by atoms with E-state index in [1.54, 1.807) is 0 Å². The highest BCUT2D eigenvalue weighted by Crippen LogP contribution is 2.14. The molecule has 100 valence electrons. The first-order chi connectivity index (χ1) is 8.63. The third-order valence-electron chi connectivity index (χ3n) is 2.45. The van der Waals surface area contributed by atoms with Crippen molar-refractivity contribution >= 4 is 11.6 Å². The van der Waals surface area contributed by atoms with Crippen LogP contribution in [0.15, 0.2) is 18.2 Å². The third-order valence-corrected chi connectivity index (χ3v) is 2.45. The standard InChI is InChI=1S/C13H18F2N2O/c1-2-3-7-17-13(18)6-8-16-12-5-4-10(14)9-11(12)15/h4-5,9,16H,2-3,6-8H2,1H3,(H,17,18). The van der Waals surface area contributed by atoms with E-state index in [9.17, 15) is 13.6 Å². The zero-order valence-electron chi connectivity index (χ0n) is 10.4. The van der Waals surface area contributed by atoms with Gasteiger partial charge in [0, 0.05) is 25.6 Å². The molecule has 2 N–H and O–H groups in total.